The molecule has 1 aromatic carbocycles. The van der Waals surface area contributed by atoms with E-state index in [0.717, 1.165) is 32.1 Å². The van der Waals surface area contributed by atoms with Gasteiger partial charge in [0.1, 0.15) is 0 Å². The molecule has 1 aromatic rings. The zero-order valence-corrected chi connectivity index (χ0v) is 18.3. The number of sulfonamides is 1. The maximum Gasteiger partial charge on any atom is 0.244 e. The molecular formula is C22H34NO2PS. The number of hydrogen-bond donors (Lipinski definition) is 1. The number of allylic oxidation sites excluding steroid dienone is 2. The minimum atomic E-state index is -3.46. The third kappa shape index (κ3) is 5.89. The van der Waals surface area contributed by atoms with E-state index in [1.807, 2.05) is 12.1 Å². The first-order chi connectivity index (χ1) is 13.1. The number of rotatable bonds is 8. The topological polar surface area (TPSA) is 46.2 Å². The van der Waals surface area contributed by atoms with Crippen LogP contribution in [0.5, 0.6) is 0 Å². The van der Waals surface area contributed by atoms with Crippen LogP contribution in [-0.4, -0.2) is 14.1 Å². The Morgan fingerprint density at radius 3 is 2.41 bits per heavy atom. The summed E-state index contributed by atoms with van der Waals surface area (Å²) < 4.78 is 29.4. The summed E-state index contributed by atoms with van der Waals surface area (Å²) in [5.41, 5.74) is 1.73. The number of aryl methyl sites for hydroxylation is 1. The maximum atomic E-state index is 13.1. The fraction of sp³-hybridized carbons (Fsp3) is 0.636. The second-order valence-corrected chi connectivity index (χ2v) is 12.2. The highest BCUT2D eigenvalue weighted by atomic mass is 32.2. The molecule has 2 aliphatic carbocycles. The molecule has 1 unspecified atom stereocenters. The van der Waals surface area contributed by atoms with Crippen molar-refractivity contribution < 1.29 is 8.42 Å². The van der Waals surface area contributed by atoms with E-state index in [0.29, 0.717) is 10.6 Å². The molecule has 3 rings (SSSR count). The summed E-state index contributed by atoms with van der Waals surface area (Å²) in [6.07, 6.45) is 16.4. The fourth-order valence-electron chi connectivity index (χ4n) is 4.15. The Bertz CT molecular complexity index is 721. The molecule has 150 valence electrons. The van der Waals surface area contributed by atoms with Gasteiger partial charge in [-0.15, -0.1) is 0 Å². The summed E-state index contributed by atoms with van der Waals surface area (Å²) in [7, 11) is -4.26. The van der Waals surface area contributed by atoms with Gasteiger partial charge >= 0.3 is 0 Å². The van der Waals surface area contributed by atoms with Gasteiger partial charge in [0, 0.05) is 8.07 Å². The highest BCUT2D eigenvalue weighted by Crippen LogP contribution is 2.54. The Kier molecular flexibility index (Phi) is 7.93. The minimum absolute atomic E-state index is 0.419. The van der Waals surface area contributed by atoms with Crippen molar-refractivity contribution in [1.29, 1.82) is 0 Å². The lowest BCUT2D eigenvalue weighted by atomic mass is 10.0. The van der Waals surface area contributed by atoms with Crippen LogP contribution in [0.4, 0.5) is 0 Å². The molecule has 5 heteroatoms. The van der Waals surface area contributed by atoms with Crippen molar-refractivity contribution in [2.24, 2.45) is 0 Å². The average Bonchev–Trinajstić information content (AvgIpc) is 2.72. The van der Waals surface area contributed by atoms with Crippen LogP contribution in [0.1, 0.15) is 83.1 Å². The molecule has 0 spiro atoms. The second-order valence-electron chi connectivity index (χ2n) is 7.95. The quantitative estimate of drug-likeness (QED) is 0.500. The normalized spacial score (nSPS) is 20.3. The summed E-state index contributed by atoms with van der Waals surface area (Å²) in [5.74, 6) is 0. The average molecular weight is 408 g/mol. The molecule has 1 N–H and O–H groups in total. The molecule has 2 aliphatic rings. The van der Waals surface area contributed by atoms with Crippen LogP contribution in [0.25, 0.3) is 0 Å². The maximum absolute atomic E-state index is 13.1. The van der Waals surface area contributed by atoms with Crippen molar-refractivity contribution in [2.45, 2.75) is 94.5 Å². The molecule has 0 aromatic heterocycles. The van der Waals surface area contributed by atoms with Gasteiger partial charge in [-0.1, -0.05) is 50.8 Å². The van der Waals surface area contributed by atoms with E-state index in [4.69, 9.17) is 0 Å². The zero-order valence-electron chi connectivity index (χ0n) is 16.6. The standard InChI is InChI=1S/C22H34NO2PS/c1-2-3-10-19-15-17-22(18-16-19)27(24,25)23-26(20-11-6-4-7-12-20)21-13-8-5-9-14-21/h11,15-18,21,23H,2-10,12-14H2,1H3. The number of unbranched alkanes of at least 4 members (excludes halogenated alkanes) is 1. The fourth-order valence-corrected chi connectivity index (χ4v) is 9.24. The predicted molar refractivity (Wildman–Crippen MR) is 116 cm³/mol. The van der Waals surface area contributed by atoms with Gasteiger partial charge in [0.05, 0.1) is 4.90 Å². The van der Waals surface area contributed by atoms with Crippen LogP contribution in [0.15, 0.2) is 40.6 Å². The Morgan fingerprint density at radius 2 is 1.78 bits per heavy atom. The first-order valence-corrected chi connectivity index (χ1v) is 13.6. The minimum Gasteiger partial charge on any atom is -0.207 e. The van der Waals surface area contributed by atoms with Crippen molar-refractivity contribution in [2.75, 3.05) is 0 Å². The molecule has 0 saturated heterocycles. The first kappa shape index (κ1) is 21.0. The third-order valence-electron chi connectivity index (χ3n) is 5.79. The van der Waals surface area contributed by atoms with Gasteiger partial charge in [0.2, 0.25) is 10.0 Å². The largest absolute Gasteiger partial charge is 0.244 e. The van der Waals surface area contributed by atoms with E-state index >= 15 is 0 Å². The van der Waals surface area contributed by atoms with Crippen LogP contribution >= 0.6 is 8.07 Å². The molecular weight excluding hydrogens is 373 g/mol. The van der Waals surface area contributed by atoms with Crippen LogP contribution in [0.3, 0.4) is 0 Å². The van der Waals surface area contributed by atoms with E-state index in [-0.39, 0.29) is 0 Å². The van der Waals surface area contributed by atoms with Gasteiger partial charge < -0.3 is 0 Å². The monoisotopic (exact) mass is 407 g/mol. The molecule has 0 heterocycles. The molecule has 1 fully saturated rings. The van der Waals surface area contributed by atoms with Crippen molar-refractivity contribution in [3.8, 4) is 0 Å². The van der Waals surface area contributed by atoms with Crippen molar-refractivity contribution >= 4 is 18.1 Å². The Labute approximate surface area is 166 Å². The molecule has 0 aliphatic heterocycles. The molecule has 0 bridgehead atoms. The van der Waals surface area contributed by atoms with E-state index in [2.05, 4.69) is 17.5 Å². The van der Waals surface area contributed by atoms with Gasteiger partial charge in [0.15, 0.2) is 0 Å². The second kappa shape index (κ2) is 10.2. The molecule has 3 nitrogen and oxygen atoms in total. The van der Waals surface area contributed by atoms with Crippen LogP contribution in [0.2, 0.25) is 0 Å². The third-order valence-corrected chi connectivity index (χ3v) is 10.7. The lowest BCUT2D eigenvalue weighted by Crippen LogP contribution is -2.26. The molecule has 1 atom stereocenters. The molecule has 1 saturated carbocycles. The Morgan fingerprint density at radius 1 is 1.04 bits per heavy atom. The van der Waals surface area contributed by atoms with Crippen molar-refractivity contribution in [1.82, 2.24) is 4.49 Å². The smallest absolute Gasteiger partial charge is 0.207 e. The summed E-state index contributed by atoms with van der Waals surface area (Å²) in [4.78, 5) is 0.419. The van der Waals surface area contributed by atoms with Gasteiger partial charge in [-0.2, -0.15) is 4.49 Å². The van der Waals surface area contributed by atoms with E-state index in [1.165, 1.54) is 55.8 Å². The summed E-state index contributed by atoms with van der Waals surface area (Å²) >= 11 is 0. The summed E-state index contributed by atoms with van der Waals surface area (Å²) in [5, 5.41) is 1.39. The number of nitrogens with one attached hydrogen (secondary N) is 1. The lowest BCUT2D eigenvalue weighted by molar-refractivity contribution is 0.509. The van der Waals surface area contributed by atoms with E-state index in [9.17, 15) is 8.42 Å². The van der Waals surface area contributed by atoms with Gasteiger partial charge in [-0.05, 0) is 80.0 Å². The lowest BCUT2D eigenvalue weighted by Gasteiger charge is -2.33. The van der Waals surface area contributed by atoms with Gasteiger partial charge in [-0.25, -0.2) is 8.42 Å². The van der Waals surface area contributed by atoms with Crippen LogP contribution in [-0.2, 0) is 16.4 Å². The predicted octanol–water partition coefficient (Wildman–Crippen LogP) is 6.50. The number of benzene rings is 1. The zero-order chi connectivity index (χ0) is 19.1. The molecule has 0 radical (unpaired) electrons. The Hall–Kier alpha value is -0.700. The molecule has 27 heavy (non-hydrogen) atoms. The van der Waals surface area contributed by atoms with E-state index in [1.54, 1.807) is 12.1 Å². The number of hydrogen-bond acceptors (Lipinski definition) is 2. The van der Waals surface area contributed by atoms with Crippen LogP contribution in [0, 0.1) is 0 Å². The highest BCUT2D eigenvalue weighted by Gasteiger charge is 2.31. The molecule has 0 amide bonds. The Balaban J connectivity index is 1.77. The van der Waals surface area contributed by atoms with E-state index < -0.39 is 18.1 Å². The van der Waals surface area contributed by atoms with Crippen molar-refractivity contribution in [3.05, 3.63) is 41.2 Å². The summed E-state index contributed by atoms with van der Waals surface area (Å²) in [6.45, 7) is 2.18. The SMILES string of the molecule is CCCCc1ccc(S(=O)(=O)NP(C2=CCCCC2)C2CCCCC2)cc1. The highest BCUT2D eigenvalue weighted by molar-refractivity contribution is 7.95. The van der Waals surface area contributed by atoms with Crippen LogP contribution < -0.4 is 4.49 Å². The van der Waals surface area contributed by atoms with Gasteiger partial charge in [-0.3, -0.25) is 0 Å². The van der Waals surface area contributed by atoms with Gasteiger partial charge in [0.25, 0.3) is 0 Å². The van der Waals surface area contributed by atoms with Crippen molar-refractivity contribution in [3.63, 3.8) is 0 Å². The first-order valence-electron chi connectivity index (χ1n) is 10.7. The summed E-state index contributed by atoms with van der Waals surface area (Å²) in [6, 6.07) is 7.54.